The molecule has 0 bridgehead atoms. The number of anilines is 2. The number of nitrogens with two attached hydrogens (primary N) is 2. The van der Waals surface area contributed by atoms with Crippen LogP contribution in [0.2, 0.25) is 0 Å². The van der Waals surface area contributed by atoms with E-state index in [0.29, 0.717) is 11.4 Å². The Hall–Kier alpha value is -1.77. The molecule has 1 aromatic heterocycles. The summed E-state index contributed by atoms with van der Waals surface area (Å²) >= 11 is 0. The fourth-order valence-corrected chi connectivity index (χ4v) is 1.68. The molecule has 3 nitrogen and oxygen atoms in total. The van der Waals surface area contributed by atoms with Crippen LogP contribution in [0.1, 0.15) is 6.92 Å². The number of pyridine rings is 1. The maximum absolute atomic E-state index is 5.90. The summed E-state index contributed by atoms with van der Waals surface area (Å²) in [5, 5.41) is 1.02. The van der Waals surface area contributed by atoms with E-state index in [0.717, 1.165) is 17.4 Å². The van der Waals surface area contributed by atoms with Gasteiger partial charge in [-0.25, -0.2) is 0 Å². The van der Waals surface area contributed by atoms with Crippen LogP contribution in [0, 0.1) is 0 Å². The van der Waals surface area contributed by atoms with Gasteiger partial charge in [-0.15, -0.1) is 0 Å². The van der Waals surface area contributed by atoms with Crippen LogP contribution in [0.15, 0.2) is 30.5 Å². The molecule has 0 spiro atoms. The van der Waals surface area contributed by atoms with E-state index in [1.165, 1.54) is 0 Å². The number of nitrogen functional groups attached to an aromatic ring is 2. The first kappa shape index (κ1) is 8.81. The molecule has 0 radical (unpaired) electrons. The maximum Gasteiger partial charge on any atom is 0.214 e. The summed E-state index contributed by atoms with van der Waals surface area (Å²) in [6, 6.07) is 8.02. The van der Waals surface area contributed by atoms with Gasteiger partial charge in [0.1, 0.15) is 12.2 Å². The number of nitrogens with zero attached hydrogens (tertiary/aromatic N) is 1. The lowest BCUT2D eigenvalue weighted by Crippen LogP contribution is -2.33. The standard InChI is InChI=1S/C11H13N3/c1-2-14-7-9(12)11(13)8-5-3-4-6-10(8)14/h3-7,13H,2,12H2,1H3/p+1. The van der Waals surface area contributed by atoms with E-state index in [2.05, 4.69) is 17.6 Å². The zero-order valence-corrected chi connectivity index (χ0v) is 8.20. The molecule has 14 heavy (non-hydrogen) atoms. The predicted molar refractivity (Wildman–Crippen MR) is 58.6 cm³/mol. The molecule has 1 aromatic carbocycles. The molecule has 0 amide bonds. The van der Waals surface area contributed by atoms with Crippen LogP contribution in [0.25, 0.3) is 10.9 Å². The van der Waals surface area contributed by atoms with E-state index >= 15 is 0 Å². The lowest BCUT2D eigenvalue weighted by atomic mass is 10.1. The molecule has 3 heteroatoms. The van der Waals surface area contributed by atoms with Gasteiger partial charge in [0, 0.05) is 6.07 Å². The predicted octanol–water partition coefficient (Wildman–Crippen LogP) is 1.31. The highest BCUT2D eigenvalue weighted by Gasteiger charge is 2.11. The normalized spacial score (nSPS) is 10.6. The Morgan fingerprint density at radius 1 is 1.21 bits per heavy atom. The van der Waals surface area contributed by atoms with Gasteiger partial charge in [0.15, 0.2) is 6.20 Å². The molecule has 1 heterocycles. The van der Waals surface area contributed by atoms with Gasteiger partial charge < -0.3 is 11.5 Å². The van der Waals surface area contributed by atoms with E-state index in [1.54, 1.807) is 0 Å². The van der Waals surface area contributed by atoms with Crippen molar-refractivity contribution in [2.45, 2.75) is 13.5 Å². The molecular weight excluding hydrogens is 174 g/mol. The fourth-order valence-electron chi connectivity index (χ4n) is 1.68. The highest BCUT2D eigenvalue weighted by Crippen LogP contribution is 2.22. The van der Waals surface area contributed by atoms with Crippen LogP contribution in [0.4, 0.5) is 11.4 Å². The molecule has 0 aliphatic carbocycles. The van der Waals surface area contributed by atoms with Gasteiger partial charge in [-0.3, -0.25) is 0 Å². The van der Waals surface area contributed by atoms with E-state index in [-0.39, 0.29) is 0 Å². The van der Waals surface area contributed by atoms with Crippen LogP contribution in [-0.4, -0.2) is 0 Å². The Balaban J connectivity index is 2.89. The fraction of sp³-hybridized carbons (Fsp3) is 0.182. The third-order valence-electron chi connectivity index (χ3n) is 2.45. The third-order valence-corrected chi connectivity index (χ3v) is 2.45. The van der Waals surface area contributed by atoms with Gasteiger partial charge in [-0.2, -0.15) is 4.57 Å². The summed E-state index contributed by atoms with van der Waals surface area (Å²) in [7, 11) is 0. The van der Waals surface area contributed by atoms with Crippen molar-refractivity contribution in [3.05, 3.63) is 30.5 Å². The van der Waals surface area contributed by atoms with Crippen molar-refractivity contribution in [1.82, 2.24) is 0 Å². The van der Waals surface area contributed by atoms with Crippen molar-refractivity contribution in [3.8, 4) is 0 Å². The quantitative estimate of drug-likeness (QED) is 0.663. The highest BCUT2D eigenvalue weighted by atomic mass is 15.0. The van der Waals surface area contributed by atoms with Crippen LogP contribution >= 0.6 is 0 Å². The van der Waals surface area contributed by atoms with Crippen molar-refractivity contribution < 1.29 is 4.57 Å². The maximum atomic E-state index is 5.90. The largest absolute Gasteiger partial charge is 0.396 e. The molecule has 0 unspecified atom stereocenters. The Morgan fingerprint density at radius 3 is 2.64 bits per heavy atom. The van der Waals surface area contributed by atoms with Crippen LogP contribution in [-0.2, 0) is 6.54 Å². The smallest absolute Gasteiger partial charge is 0.214 e. The van der Waals surface area contributed by atoms with Gasteiger partial charge >= 0.3 is 0 Å². The minimum atomic E-state index is 0.644. The topological polar surface area (TPSA) is 55.9 Å². The third kappa shape index (κ3) is 1.18. The monoisotopic (exact) mass is 188 g/mol. The molecule has 72 valence electrons. The summed E-state index contributed by atoms with van der Waals surface area (Å²) in [4.78, 5) is 0. The zero-order valence-electron chi connectivity index (χ0n) is 8.20. The molecular formula is C11H14N3+. The lowest BCUT2D eigenvalue weighted by molar-refractivity contribution is -0.667. The van der Waals surface area contributed by atoms with Crippen LogP contribution in [0.3, 0.4) is 0 Å². The SMILES string of the molecule is CC[n+]1cc(N)c(N)c2ccccc21. The molecule has 0 saturated carbocycles. The van der Waals surface area contributed by atoms with E-state index in [1.807, 2.05) is 24.4 Å². The van der Waals surface area contributed by atoms with Crippen molar-refractivity contribution in [2.24, 2.45) is 0 Å². The average molecular weight is 188 g/mol. The summed E-state index contributed by atoms with van der Waals surface area (Å²) in [6.45, 7) is 2.98. The van der Waals surface area contributed by atoms with Gasteiger partial charge in [0.25, 0.3) is 0 Å². The van der Waals surface area contributed by atoms with Crippen LogP contribution in [0.5, 0.6) is 0 Å². The number of rotatable bonds is 1. The second-order valence-electron chi connectivity index (χ2n) is 3.30. The van der Waals surface area contributed by atoms with Crippen molar-refractivity contribution in [1.29, 1.82) is 0 Å². The van der Waals surface area contributed by atoms with Crippen molar-refractivity contribution >= 4 is 22.3 Å². The van der Waals surface area contributed by atoms with Crippen molar-refractivity contribution in [2.75, 3.05) is 11.5 Å². The molecule has 0 fully saturated rings. The number of fused-ring (bicyclic) bond motifs is 1. The number of aryl methyl sites for hydroxylation is 1. The minimum absolute atomic E-state index is 0.644. The molecule has 4 N–H and O–H groups in total. The number of para-hydroxylation sites is 1. The van der Waals surface area contributed by atoms with Gasteiger partial charge in [0.05, 0.1) is 11.1 Å². The number of hydrogen-bond donors (Lipinski definition) is 2. The second-order valence-corrected chi connectivity index (χ2v) is 3.30. The Kier molecular flexibility index (Phi) is 2.00. The van der Waals surface area contributed by atoms with Gasteiger partial charge in [-0.05, 0) is 13.0 Å². The van der Waals surface area contributed by atoms with E-state index in [4.69, 9.17) is 11.5 Å². The number of hydrogen-bond acceptors (Lipinski definition) is 2. The molecule has 0 aliphatic rings. The summed E-state index contributed by atoms with van der Waals surface area (Å²) in [5.74, 6) is 0. The van der Waals surface area contributed by atoms with E-state index in [9.17, 15) is 0 Å². The summed E-state index contributed by atoms with van der Waals surface area (Å²) < 4.78 is 2.10. The Bertz CT molecular complexity index is 477. The number of aromatic nitrogens is 1. The summed E-state index contributed by atoms with van der Waals surface area (Å²) in [5.41, 5.74) is 14.2. The molecule has 2 rings (SSSR count). The first-order valence-corrected chi connectivity index (χ1v) is 4.70. The van der Waals surface area contributed by atoms with Gasteiger partial charge in [-0.1, -0.05) is 12.1 Å². The lowest BCUT2D eigenvalue weighted by Gasteiger charge is -2.04. The van der Waals surface area contributed by atoms with Gasteiger partial charge in [0.2, 0.25) is 5.52 Å². The Labute approximate surface area is 83.0 Å². The van der Waals surface area contributed by atoms with Crippen LogP contribution < -0.4 is 16.0 Å². The molecule has 0 saturated heterocycles. The molecule has 0 atom stereocenters. The first-order chi connectivity index (χ1) is 6.74. The zero-order chi connectivity index (χ0) is 10.1. The number of benzene rings is 1. The molecule has 2 aromatic rings. The van der Waals surface area contributed by atoms with Crippen molar-refractivity contribution in [3.63, 3.8) is 0 Å². The summed E-state index contributed by atoms with van der Waals surface area (Å²) in [6.07, 6.45) is 1.89. The average Bonchev–Trinajstić information content (AvgIpc) is 2.23. The first-order valence-electron chi connectivity index (χ1n) is 4.70. The second kappa shape index (κ2) is 3.18. The molecule has 0 aliphatic heterocycles. The van der Waals surface area contributed by atoms with E-state index < -0.39 is 0 Å². The minimum Gasteiger partial charge on any atom is -0.396 e. The Morgan fingerprint density at radius 2 is 1.93 bits per heavy atom. The highest BCUT2D eigenvalue weighted by molar-refractivity contribution is 5.93.